The number of hydrazone groups is 1. The zero-order chi connectivity index (χ0) is 25.5. The van der Waals surface area contributed by atoms with Crippen LogP contribution in [0.25, 0.3) is 0 Å². The molecule has 36 heavy (non-hydrogen) atoms. The Kier molecular flexibility index (Phi) is 7.15. The van der Waals surface area contributed by atoms with E-state index in [4.69, 9.17) is 10.5 Å². The highest BCUT2D eigenvalue weighted by molar-refractivity contribution is 5.99. The second kappa shape index (κ2) is 10.8. The minimum atomic E-state index is -0.465. The van der Waals surface area contributed by atoms with E-state index in [1.807, 2.05) is 31.2 Å². The van der Waals surface area contributed by atoms with E-state index in [1.54, 1.807) is 43.5 Å². The molecule has 3 aromatic carbocycles. The first kappa shape index (κ1) is 23.9. The topological polar surface area (TPSA) is 166 Å². The third-order valence-electron chi connectivity index (χ3n) is 4.97. The lowest BCUT2D eigenvalue weighted by Gasteiger charge is -2.11. The van der Waals surface area contributed by atoms with Crippen molar-refractivity contribution in [2.75, 3.05) is 28.9 Å². The fourth-order valence-corrected chi connectivity index (χ4v) is 3.06. The van der Waals surface area contributed by atoms with Gasteiger partial charge in [0, 0.05) is 29.2 Å². The van der Waals surface area contributed by atoms with Crippen molar-refractivity contribution in [3.05, 3.63) is 88.5 Å². The van der Waals surface area contributed by atoms with Gasteiger partial charge in [-0.1, -0.05) is 12.1 Å². The van der Waals surface area contributed by atoms with Crippen molar-refractivity contribution in [1.29, 1.82) is 0 Å². The molecule has 1 heterocycles. The highest BCUT2D eigenvalue weighted by Gasteiger charge is 2.10. The van der Waals surface area contributed by atoms with Crippen LogP contribution in [-0.4, -0.2) is 32.7 Å². The van der Waals surface area contributed by atoms with Gasteiger partial charge in [0.05, 0.1) is 17.7 Å². The number of nitrogens with zero attached hydrogens (tertiary/aromatic N) is 5. The van der Waals surface area contributed by atoms with Crippen LogP contribution in [0.3, 0.4) is 0 Å². The van der Waals surface area contributed by atoms with Crippen LogP contribution in [0.1, 0.15) is 12.5 Å². The van der Waals surface area contributed by atoms with Gasteiger partial charge in [-0.3, -0.25) is 10.1 Å². The number of nitro groups is 1. The van der Waals surface area contributed by atoms with Crippen LogP contribution in [0.4, 0.5) is 40.6 Å². The van der Waals surface area contributed by atoms with E-state index in [1.165, 1.54) is 12.1 Å². The quantitative estimate of drug-likeness (QED) is 0.113. The molecule has 0 fully saturated rings. The van der Waals surface area contributed by atoms with E-state index < -0.39 is 4.92 Å². The van der Waals surface area contributed by atoms with Crippen LogP contribution in [0.15, 0.2) is 77.9 Å². The van der Waals surface area contributed by atoms with E-state index >= 15 is 0 Å². The van der Waals surface area contributed by atoms with Crippen molar-refractivity contribution >= 4 is 46.3 Å². The predicted molar refractivity (Wildman–Crippen MR) is 139 cm³/mol. The minimum absolute atomic E-state index is 0.0205. The Labute approximate surface area is 206 Å². The number of rotatable bonds is 9. The maximum absolute atomic E-state index is 10.9. The number of anilines is 6. The Balaban J connectivity index is 1.60. The maximum Gasteiger partial charge on any atom is 0.269 e. The molecule has 182 valence electrons. The molecule has 0 saturated carbocycles. The normalized spacial score (nSPS) is 11.0. The number of nitrogens with one attached hydrogen (secondary N) is 3. The lowest BCUT2D eigenvalue weighted by Crippen LogP contribution is -2.08. The fourth-order valence-electron chi connectivity index (χ4n) is 3.06. The number of ether oxygens (including phenoxy) is 1. The number of aromatic nitrogens is 3. The van der Waals surface area contributed by atoms with Crippen LogP contribution in [0.5, 0.6) is 5.75 Å². The number of nitrogens with two attached hydrogens (primary N) is 1. The van der Waals surface area contributed by atoms with Gasteiger partial charge >= 0.3 is 0 Å². The fraction of sp³-hybridized carbons (Fsp3) is 0.0833. The highest BCUT2D eigenvalue weighted by Crippen LogP contribution is 2.22. The molecule has 12 heteroatoms. The summed E-state index contributed by atoms with van der Waals surface area (Å²) in [6.45, 7) is 1.84. The number of benzene rings is 3. The van der Waals surface area contributed by atoms with E-state index in [-0.39, 0.29) is 23.5 Å². The zero-order valence-corrected chi connectivity index (χ0v) is 19.5. The molecule has 0 aliphatic heterocycles. The first-order valence-electron chi connectivity index (χ1n) is 10.7. The molecule has 12 nitrogen and oxygen atoms in total. The number of non-ortho nitro benzene ring substituents is 1. The standard InChI is InChI=1S/C24H23N9O3/c1-15(16-3-5-17(25)6-4-16)31-32-24-29-22(26-18-7-11-20(12-8-18)33(34)35)28-23(30-24)27-19-9-13-21(36-2)14-10-19/h3-14H,25H2,1-2H3,(H3,26,27,28,29,30,32)/b31-15-. The maximum atomic E-state index is 10.9. The average Bonchev–Trinajstić information content (AvgIpc) is 2.88. The largest absolute Gasteiger partial charge is 0.497 e. The van der Waals surface area contributed by atoms with Gasteiger partial charge in [0.25, 0.3) is 5.69 Å². The van der Waals surface area contributed by atoms with Crippen LogP contribution >= 0.6 is 0 Å². The Bertz CT molecular complexity index is 1370. The molecule has 4 rings (SSSR count). The van der Waals surface area contributed by atoms with Gasteiger partial charge in [0.15, 0.2) is 0 Å². The Morgan fingerprint density at radius 1 is 0.861 bits per heavy atom. The summed E-state index contributed by atoms with van der Waals surface area (Å²) in [5.41, 5.74) is 12.1. The summed E-state index contributed by atoms with van der Waals surface area (Å²) in [5, 5.41) is 21.5. The summed E-state index contributed by atoms with van der Waals surface area (Å²) < 4.78 is 5.19. The highest BCUT2D eigenvalue weighted by atomic mass is 16.6. The molecule has 1 aromatic heterocycles. The third-order valence-corrected chi connectivity index (χ3v) is 4.97. The van der Waals surface area contributed by atoms with Gasteiger partial charge in [-0.15, -0.1) is 0 Å². The van der Waals surface area contributed by atoms with E-state index in [0.717, 1.165) is 11.3 Å². The molecule has 5 N–H and O–H groups in total. The summed E-state index contributed by atoms with van der Waals surface area (Å²) in [5.74, 6) is 1.35. The monoisotopic (exact) mass is 485 g/mol. The zero-order valence-electron chi connectivity index (χ0n) is 19.5. The second-order valence-corrected chi connectivity index (χ2v) is 7.52. The van der Waals surface area contributed by atoms with Gasteiger partial charge in [-0.2, -0.15) is 20.1 Å². The first-order valence-corrected chi connectivity index (χ1v) is 10.7. The van der Waals surface area contributed by atoms with Crippen LogP contribution in [0, 0.1) is 10.1 Å². The lowest BCUT2D eigenvalue weighted by atomic mass is 10.1. The van der Waals surface area contributed by atoms with E-state index in [2.05, 4.69) is 36.1 Å². The molecule has 0 aliphatic rings. The minimum Gasteiger partial charge on any atom is -0.497 e. The van der Waals surface area contributed by atoms with Gasteiger partial charge in [0.2, 0.25) is 17.8 Å². The molecule has 0 spiro atoms. The van der Waals surface area contributed by atoms with Crippen LogP contribution in [0.2, 0.25) is 0 Å². The SMILES string of the molecule is COc1ccc(Nc2nc(N/N=C(/C)c3ccc(N)cc3)nc(Nc3ccc([N+](=O)[O-])cc3)n2)cc1. The van der Waals surface area contributed by atoms with Gasteiger partial charge < -0.3 is 21.1 Å². The third kappa shape index (κ3) is 6.20. The van der Waals surface area contributed by atoms with Crippen LogP contribution < -0.4 is 26.5 Å². The lowest BCUT2D eigenvalue weighted by molar-refractivity contribution is -0.384. The average molecular weight is 486 g/mol. The summed E-state index contributed by atoms with van der Waals surface area (Å²) in [4.78, 5) is 23.6. The van der Waals surface area contributed by atoms with Gasteiger partial charge in [-0.25, -0.2) is 5.43 Å². The molecule has 0 saturated heterocycles. The number of nitrogen functional groups attached to an aromatic ring is 1. The van der Waals surface area contributed by atoms with Crippen molar-refractivity contribution in [2.24, 2.45) is 5.10 Å². The molecule has 4 aromatic rings. The molecule has 0 atom stereocenters. The van der Waals surface area contributed by atoms with Crippen molar-refractivity contribution < 1.29 is 9.66 Å². The van der Waals surface area contributed by atoms with Crippen molar-refractivity contribution in [3.8, 4) is 5.75 Å². The molecule has 0 bridgehead atoms. The second-order valence-electron chi connectivity index (χ2n) is 7.52. The molecule has 0 radical (unpaired) electrons. The van der Waals surface area contributed by atoms with E-state index in [0.29, 0.717) is 22.8 Å². The Morgan fingerprint density at radius 3 is 1.92 bits per heavy atom. The number of hydrogen-bond donors (Lipinski definition) is 4. The molecular formula is C24H23N9O3. The number of hydrogen-bond acceptors (Lipinski definition) is 11. The summed E-state index contributed by atoms with van der Waals surface area (Å²) in [7, 11) is 1.59. The van der Waals surface area contributed by atoms with Crippen molar-refractivity contribution in [2.45, 2.75) is 6.92 Å². The smallest absolute Gasteiger partial charge is 0.269 e. The summed E-state index contributed by atoms with van der Waals surface area (Å²) in [6, 6.07) is 20.5. The number of methoxy groups -OCH3 is 1. The molecule has 0 aliphatic carbocycles. The Morgan fingerprint density at radius 2 is 1.39 bits per heavy atom. The first-order chi connectivity index (χ1) is 17.4. The van der Waals surface area contributed by atoms with Gasteiger partial charge in [-0.05, 0) is 61.0 Å². The van der Waals surface area contributed by atoms with E-state index in [9.17, 15) is 10.1 Å². The van der Waals surface area contributed by atoms with Crippen molar-refractivity contribution in [1.82, 2.24) is 15.0 Å². The molecular weight excluding hydrogens is 462 g/mol. The Hall–Kier alpha value is -5.26. The van der Waals surface area contributed by atoms with Gasteiger partial charge in [0.1, 0.15) is 5.75 Å². The van der Waals surface area contributed by atoms with Crippen LogP contribution in [-0.2, 0) is 0 Å². The molecule has 0 unspecified atom stereocenters. The summed E-state index contributed by atoms with van der Waals surface area (Å²) in [6.07, 6.45) is 0. The van der Waals surface area contributed by atoms with Crippen molar-refractivity contribution in [3.63, 3.8) is 0 Å². The predicted octanol–water partition coefficient (Wildman–Crippen LogP) is 4.69. The number of nitro benzene ring substituents is 1. The summed E-state index contributed by atoms with van der Waals surface area (Å²) >= 11 is 0. The molecule has 0 amide bonds.